The summed E-state index contributed by atoms with van der Waals surface area (Å²) in [5.74, 6) is -2.25. The van der Waals surface area contributed by atoms with E-state index in [4.69, 9.17) is 18.9 Å². The molecule has 0 aliphatic carbocycles. The predicted octanol–water partition coefficient (Wildman–Crippen LogP) is 22.5. The third-order valence-corrected chi connectivity index (χ3v) is 17.0. The van der Waals surface area contributed by atoms with Crippen molar-refractivity contribution in [3.8, 4) is 0 Å². The minimum absolute atomic E-state index is 0.151. The first kappa shape index (κ1) is 85.0. The van der Waals surface area contributed by atoms with E-state index >= 15 is 0 Å². The van der Waals surface area contributed by atoms with Crippen molar-refractivity contribution in [2.45, 2.75) is 379 Å². The summed E-state index contributed by atoms with van der Waals surface area (Å²) in [5.41, 5.74) is 0. The van der Waals surface area contributed by atoms with E-state index in [0.29, 0.717) is 17.4 Å². The average Bonchev–Trinajstić information content (AvgIpc) is 3.52. The monoisotopic (exact) mass is 1240 g/mol. The smallest absolute Gasteiger partial charge is 0.306 e. The number of carboxylic acid groups (broad SMARTS) is 1. The Balaban J connectivity index is 3.98. The van der Waals surface area contributed by atoms with E-state index in [1.54, 1.807) is 0 Å². The van der Waals surface area contributed by atoms with Crippen molar-refractivity contribution in [3.05, 3.63) is 60.8 Å². The lowest BCUT2D eigenvalue weighted by molar-refractivity contribution is -0.870. The summed E-state index contributed by atoms with van der Waals surface area (Å²) < 4.78 is 22.9. The molecule has 514 valence electrons. The molecule has 88 heavy (non-hydrogen) atoms. The fourth-order valence-corrected chi connectivity index (χ4v) is 11.3. The highest BCUT2D eigenvalue weighted by Crippen LogP contribution is 2.19. The maximum Gasteiger partial charge on any atom is 0.306 e. The van der Waals surface area contributed by atoms with Crippen molar-refractivity contribution in [1.82, 2.24) is 0 Å². The quantitative estimate of drug-likeness (QED) is 0.0195. The van der Waals surface area contributed by atoms with Crippen LogP contribution in [0.3, 0.4) is 0 Å². The first-order valence-electron chi connectivity index (χ1n) is 37.9. The van der Waals surface area contributed by atoms with E-state index in [0.717, 1.165) is 70.6 Å². The number of esters is 2. The van der Waals surface area contributed by atoms with Crippen molar-refractivity contribution in [2.24, 2.45) is 0 Å². The third-order valence-electron chi connectivity index (χ3n) is 17.0. The Morgan fingerprint density at radius 2 is 0.648 bits per heavy atom. The number of nitrogens with zero attached hydrogens (tertiary/aromatic N) is 1. The molecule has 0 fully saturated rings. The molecular weight excluding hydrogens is 1090 g/mol. The Morgan fingerprint density at radius 3 is 0.966 bits per heavy atom. The fraction of sp³-hybridized carbons (Fsp3) is 0.835. The minimum atomic E-state index is -1.62. The molecule has 9 nitrogen and oxygen atoms in total. The van der Waals surface area contributed by atoms with Gasteiger partial charge in [-0.2, -0.15) is 0 Å². The molecule has 0 radical (unpaired) electrons. The van der Waals surface area contributed by atoms with Crippen LogP contribution in [0.1, 0.15) is 367 Å². The Hall–Kier alpha value is -3.01. The number of carbonyl (C=O) groups excluding carboxylic acids is 3. The molecule has 0 spiro atoms. The number of carboxylic acids is 1. The second kappa shape index (κ2) is 69.9. The highest BCUT2D eigenvalue weighted by molar-refractivity contribution is 5.70. The van der Waals surface area contributed by atoms with Gasteiger partial charge in [0.2, 0.25) is 0 Å². The largest absolute Gasteiger partial charge is 0.545 e. The van der Waals surface area contributed by atoms with Crippen LogP contribution in [0.5, 0.6) is 0 Å². The topological polar surface area (TPSA) is 111 Å². The summed E-state index contributed by atoms with van der Waals surface area (Å²) >= 11 is 0. The first-order chi connectivity index (χ1) is 43.1. The zero-order valence-electron chi connectivity index (χ0n) is 58.9. The molecule has 0 heterocycles. The van der Waals surface area contributed by atoms with Crippen LogP contribution < -0.4 is 5.11 Å². The van der Waals surface area contributed by atoms with E-state index < -0.39 is 24.3 Å². The number of hydrogen-bond acceptors (Lipinski definition) is 8. The normalized spacial score (nSPS) is 13.0. The van der Waals surface area contributed by atoms with Gasteiger partial charge in [0.05, 0.1) is 40.3 Å². The van der Waals surface area contributed by atoms with Crippen molar-refractivity contribution in [1.29, 1.82) is 0 Å². The van der Waals surface area contributed by atoms with Gasteiger partial charge in [0.1, 0.15) is 13.2 Å². The molecule has 2 atom stereocenters. The summed E-state index contributed by atoms with van der Waals surface area (Å²) in [4.78, 5) is 37.5. The van der Waals surface area contributed by atoms with Gasteiger partial charge < -0.3 is 33.3 Å². The number of aliphatic carboxylic acids is 1. The molecule has 0 amide bonds. The van der Waals surface area contributed by atoms with Crippen molar-refractivity contribution < 1.29 is 42.9 Å². The molecule has 0 rings (SSSR count). The van der Waals surface area contributed by atoms with Crippen LogP contribution >= 0.6 is 0 Å². The number of likely N-dealkylation sites (N-methyl/N-ethyl adjacent to an activating group) is 1. The summed E-state index contributed by atoms with van der Waals surface area (Å²) in [6, 6.07) is 0. The first-order valence-corrected chi connectivity index (χ1v) is 37.9. The van der Waals surface area contributed by atoms with Crippen molar-refractivity contribution >= 4 is 17.9 Å². The molecule has 0 aromatic carbocycles. The number of hydrogen-bond donors (Lipinski definition) is 0. The molecule has 0 saturated carbocycles. The van der Waals surface area contributed by atoms with E-state index in [-0.39, 0.29) is 32.2 Å². The predicted molar refractivity (Wildman–Crippen MR) is 375 cm³/mol. The Morgan fingerprint density at radius 1 is 0.352 bits per heavy atom. The number of carbonyl (C=O) groups is 3. The zero-order chi connectivity index (χ0) is 64.0. The maximum absolute atomic E-state index is 13.0. The van der Waals surface area contributed by atoms with E-state index in [9.17, 15) is 19.5 Å². The fourth-order valence-electron chi connectivity index (χ4n) is 11.3. The van der Waals surface area contributed by atoms with E-state index in [2.05, 4.69) is 74.6 Å². The van der Waals surface area contributed by atoms with Crippen LogP contribution in [0.25, 0.3) is 0 Å². The number of unbranched alkanes of at least 4 members (excludes halogenated alkanes) is 46. The lowest BCUT2D eigenvalue weighted by Crippen LogP contribution is -2.44. The van der Waals surface area contributed by atoms with Crippen LogP contribution in [0.4, 0.5) is 0 Å². The van der Waals surface area contributed by atoms with Crippen LogP contribution in [0, 0.1) is 0 Å². The molecule has 0 aromatic rings. The summed E-state index contributed by atoms with van der Waals surface area (Å²) in [7, 11) is 5.95. The SMILES string of the molecule is CC/C=C\C/C=C\C/C=C\C/C=C\C/C=C\CCCCCCCCCCCCCCCCCCCCCCCCCC(=O)OC(COC(=O)CCCCCCCCCCCCCCCCCCCCCCCCCC)COC(OCC[N+](C)(C)C)C(=O)[O-]. The van der Waals surface area contributed by atoms with E-state index in [1.165, 1.54) is 270 Å². The molecular formula is C79H145NO8. The number of allylic oxidation sites excluding steroid dienone is 10. The summed E-state index contributed by atoms with van der Waals surface area (Å²) in [6.45, 7) is 4.71. The van der Waals surface area contributed by atoms with Crippen LogP contribution in [-0.4, -0.2) is 82.3 Å². The standard InChI is InChI=1S/C79H145NO8/c1-6-8-10-12-14-16-18-20-22-24-26-28-30-32-33-34-35-36-37-38-39-40-41-42-43-44-45-46-48-50-52-54-56-58-60-62-64-66-68-70-77(82)88-75(74-87-79(78(83)84)85-72-71-80(3,4)5)73-86-76(81)69-67-65-63-61-59-57-55-53-51-49-47-31-29-27-25-23-21-19-17-15-13-11-9-7-2/h8,10,14,16,20,22,26,28,32-33,75,79H,6-7,9,11-13,15,17-19,21,23-25,27,29-31,34-74H2,1-5H3/b10-8-,16-14-,22-20-,28-26-,33-32-. The maximum atomic E-state index is 13.0. The molecule has 0 bridgehead atoms. The summed E-state index contributed by atoms with van der Waals surface area (Å²) in [5, 5.41) is 11.8. The van der Waals surface area contributed by atoms with Crippen LogP contribution in [0.2, 0.25) is 0 Å². The lowest BCUT2D eigenvalue weighted by Gasteiger charge is -2.26. The Bertz CT molecular complexity index is 1630. The van der Waals surface area contributed by atoms with Gasteiger partial charge in [-0.3, -0.25) is 9.59 Å². The molecule has 9 heteroatoms. The number of ether oxygens (including phenoxy) is 4. The second-order valence-corrected chi connectivity index (χ2v) is 26.9. The van der Waals surface area contributed by atoms with Gasteiger partial charge in [0.15, 0.2) is 12.4 Å². The molecule has 0 saturated heterocycles. The number of quaternary nitrogens is 1. The lowest BCUT2D eigenvalue weighted by atomic mass is 10.0. The molecule has 0 N–H and O–H groups in total. The molecule has 0 aromatic heterocycles. The zero-order valence-corrected chi connectivity index (χ0v) is 58.9. The van der Waals surface area contributed by atoms with Crippen molar-refractivity contribution in [2.75, 3.05) is 47.5 Å². The van der Waals surface area contributed by atoms with Gasteiger partial charge in [0, 0.05) is 12.8 Å². The van der Waals surface area contributed by atoms with Crippen LogP contribution in [0.15, 0.2) is 60.8 Å². The molecule has 0 aliphatic rings. The number of rotatable bonds is 71. The Kier molecular flexibility index (Phi) is 67.5. The van der Waals surface area contributed by atoms with Gasteiger partial charge in [-0.15, -0.1) is 0 Å². The second-order valence-electron chi connectivity index (χ2n) is 26.9. The van der Waals surface area contributed by atoms with Crippen molar-refractivity contribution in [3.63, 3.8) is 0 Å². The van der Waals surface area contributed by atoms with Gasteiger partial charge in [-0.25, -0.2) is 0 Å². The van der Waals surface area contributed by atoms with Gasteiger partial charge in [-0.05, 0) is 57.8 Å². The molecule has 2 unspecified atom stereocenters. The minimum Gasteiger partial charge on any atom is -0.545 e. The average molecular weight is 1240 g/mol. The van der Waals surface area contributed by atoms with E-state index in [1.807, 2.05) is 21.1 Å². The summed E-state index contributed by atoms with van der Waals surface area (Å²) in [6.07, 6.45) is 89.0. The highest BCUT2D eigenvalue weighted by atomic mass is 16.7. The van der Waals surface area contributed by atoms with Gasteiger partial charge >= 0.3 is 11.9 Å². The Labute approximate surface area is 545 Å². The third kappa shape index (κ3) is 70.4. The highest BCUT2D eigenvalue weighted by Gasteiger charge is 2.22. The van der Waals surface area contributed by atoms with Crippen LogP contribution in [-0.2, 0) is 33.3 Å². The molecule has 0 aliphatic heterocycles. The van der Waals surface area contributed by atoms with Gasteiger partial charge in [-0.1, -0.05) is 357 Å². The van der Waals surface area contributed by atoms with Gasteiger partial charge in [0.25, 0.3) is 0 Å².